The van der Waals surface area contributed by atoms with Crippen LogP contribution in [0.4, 0.5) is 0 Å². The van der Waals surface area contributed by atoms with Gasteiger partial charge in [0.1, 0.15) is 0 Å². The van der Waals surface area contributed by atoms with Crippen molar-refractivity contribution in [1.82, 2.24) is 14.8 Å². The number of benzene rings is 2. The summed E-state index contributed by atoms with van der Waals surface area (Å²) in [5, 5.41) is 8.32. The van der Waals surface area contributed by atoms with E-state index in [0.29, 0.717) is 12.1 Å². The lowest BCUT2D eigenvalue weighted by atomic mass is 10.1. The summed E-state index contributed by atoms with van der Waals surface area (Å²) in [7, 11) is -3.78. The first-order valence-corrected chi connectivity index (χ1v) is 12.8. The smallest absolute Gasteiger partial charge is 0.253 e. The number of amides is 1. The first-order valence-electron chi connectivity index (χ1n) is 11.3. The van der Waals surface area contributed by atoms with Gasteiger partial charge in [-0.25, -0.2) is 13.6 Å². The zero-order valence-corrected chi connectivity index (χ0v) is 19.6. The Morgan fingerprint density at radius 3 is 2.30 bits per heavy atom. The second-order valence-corrected chi connectivity index (χ2v) is 9.99. The lowest BCUT2D eigenvalue weighted by molar-refractivity contribution is 0.0946. The molecule has 1 saturated heterocycles. The molecule has 0 bridgehead atoms. The Morgan fingerprint density at radius 2 is 1.67 bits per heavy atom. The topological polar surface area (TPSA) is 97.4 Å². The Labute approximate surface area is 195 Å². The van der Waals surface area contributed by atoms with E-state index in [2.05, 4.69) is 10.2 Å². The highest BCUT2D eigenvalue weighted by molar-refractivity contribution is 7.89. The number of carbonyl (C=O) groups excluding carboxylic acids is 1. The summed E-state index contributed by atoms with van der Waals surface area (Å²) >= 11 is 0. The number of sulfonamides is 1. The molecule has 0 aliphatic carbocycles. The van der Waals surface area contributed by atoms with Crippen molar-refractivity contribution in [2.75, 3.05) is 26.2 Å². The first-order chi connectivity index (χ1) is 15.8. The van der Waals surface area contributed by atoms with Gasteiger partial charge in [-0.2, -0.15) is 0 Å². The van der Waals surface area contributed by atoms with Crippen LogP contribution in [0.2, 0.25) is 0 Å². The average Bonchev–Trinajstić information content (AvgIpc) is 3.17. The highest BCUT2D eigenvalue weighted by atomic mass is 32.2. The van der Waals surface area contributed by atoms with Crippen LogP contribution in [0, 0.1) is 6.92 Å². The number of nitrogens with one attached hydrogen (secondary N) is 1. The van der Waals surface area contributed by atoms with Crippen LogP contribution in [0.1, 0.15) is 35.3 Å². The summed E-state index contributed by atoms with van der Waals surface area (Å²) < 4.78 is 25.3. The van der Waals surface area contributed by atoms with Crippen LogP contribution < -0.4 is 10.5 Å². The lowest BCUT2D eigenvalue weighted by Gasteiger charge is -2.26. The van der Waals surface area contributed by atoms with Gasteiger partial charge in [-0.3, -0.25) is 4.79 Å². The number of likely N-dealkylation sites (tertiary alicyclic amines) is 1. The molecule has 1 fully saturated rings. The molecule has 2 heterocycles. The van der Waals surface area contributed by atoms with Crippen LogP contribution >= 0.6 is 0 Å². The number of aromatic nitrogens is 1. The van der Waals surface area contributed by atoms with Gasteiger partial charge in [0.2, 0.25) is 10.0 Å². The number of carbonyl (C=O) groups is 1. The summed E-state index contributed by atoms with van der Waals surface area (Å²) in [5.74, 6) is -0.110. The van der Waals surface area contributed by atoms with E-state index in [4.69, 9.17) is 5.14 Å². The molecule has 0 unspecified atom stereocenters. The second-order valence-electron chi connectivity index (χ2n) is 8.43. The van der Waals surface area contributed by atoms with Crippen molar-refractivity contribution in [3.8, 4) is 16.9 Å². The van der Waals surface area contributed by atoms with Gasteiger partial charge >= 0.3 is 0 Å². The number of piperidine rings is 1. The maximum Gasteiger partial charge on any atom is 0.253 e. The Kier molecular flexibility index (Phi) is 6.97. The highest BCUT2D eigenvalue weighted by Crippen LogP contribution is 2.30. The van der Waals surface area contributed by atoms with E-state index in [1.54, 1.807) is 12.1 Å². The third kappa shape index (κ3) is 5.35. The second kappa shape index (κ2) is 9.91. The molecule has 1 amide bonds. The van der Waals surface area contributed by atoms with Crippen molar-refractivity contribution < 1.29 is 13.2 Å². The van der Waals surface area contributed by atoms with Crippen LogP contribution in [0.15, 0.2) is 65.6 Å². The number of rotatable bonds is 7. The van der Waals surface area contributed by atoms with E-state index >= 15 is 0 Å². The first kappa shape index (κ1) is 23.2. The minimum atomic E-state index is -3.78. The molecule has 0 spiro atoms. The van der Waals surface area contributed by atoms with Gasteiger partial charge in [-0.05, 0) is 68.8 Å². The zero-order chi connectivity index (χ0) is 23.4. The van der Waals surface area contributed by atoms with Crippen LogP contribution in [0.5, 0.6) is 0 Å². The molecule has 33 heavy (non-hydrogen) atoms. The summed E-state index contributed by atoms with van der Waals surface area (Å²) in [6.07, 6.45) is 3.73. The normalized spacial score (nSPS) is 14.8. The van der Waals surface area contributed by atoms with Crippen LogP contribution in [0.25, 0.3) is 16.9 Å². The fourth-order valence-electron chi connectivity index (χ4n) is 4.38. The maximum absolute atomic E-state index is 13.1. The minimum Gasteiger partial charge on any atom is -0.351 e. The quantitative estimate of drug-likeness (QED) is 0.558. The highest BCUT2D eigenvalue weighted by Gasteiger charge is 2.20. The SMILES string of the molecule is Cc1c(C(=O)NCCN2CCCCC2)cc(-c2ccccc2)n1-c1ccc(S(N)(=O)=O)cc1. The lowest BCUT2D eigenvalue weighted by Crippen LogP contribution is -2.37. The molecule has 174 valence electrons. The van der Waals surface area contributed by atoms with Crippen molar-refractivity contribution in [1.29, 1.82) is 0 Å². The van der Waals surface area contributed by atoms with Gasteiger partial charge in [0, 0.05) is 24.5 Å². The van der Waals surface area contributed by atoms with Crippen LogP contribution in [-0.4, -0.2) is 50.0 Å². The van der Waals surface area contributed by atoms with Crippen molar-refractivity contribution >= 4 is 15.9 Å². The van der Waals surface area contributed by atoms with E-state index in [0.717, 1.165) is 42.3 Å². The van der Waals surface area contributed by atoms with Crippen molar-refractivity contribution in [2.24, 2.45) is 5.14 Å². The van der Waals surface area contributed by atoms with Gasteiger partial charge in [0.25, 0.3) is 5.91 Å². The van der Waals surface area contributed by atoms with Crippen molar-refractivity contribution in [3.63, 3.8) is 0 Å². The predicted octanol–water partition coefficient (Wildman–Crippen LogP) is 3.32. The monoisotopic (exact) mass is 466 g/mol. The molecule has 0 saturated carbocycles. The molecule has 7 nitrogen and oxygen atoms in total. The summed E-state index contributed by atoms with van der Waals surface area (Å²) in [4.78, 5) is 15.5. The molecule has 3 aromatic rings. The summed E-state index contributed by atoms with van der Waals surface area (Å²) in [6.45, 7) is 5.55. The van der Waals surface area contributed by atoms with Crippen molar-refractivity contribution in [3.05, 3.63) is 71.9 Å². The molecule has 1 aromatic heterocycles. The molecule has 8 heteroatoms. The number of hydrogen-bond acceptors (Lipinski definition) is 4. The molecule has 4 rings (SSSR count). The average molecular weight is 467 g/mol. The predicted molar refractivity (Wildman–Crippen MR) is 130 cm³/mol. The summed E-state index contributed by atoms with van der Waals surface area (Å²) in [5.41, 5.74) is 3.96. The number of nitrogens with zero attached hydrogens (tertiary/aromatic N) is 2. The zero-order valence-electron chi connectivity index (χ0n) is 18.8. The standard InChI is InChI=1S/C25H30N4O3S/c1-19-23(25(30)27-14-17-28-15-6-3-7-16-28)18-24(20-8-4-2-5-9-20)29(19)21-10-12-22(13-11-21)33(26,31)32/h2,4-5,8-13,18H,3,6-7,14-17H2,1H3,(H,27,30)(H2,26,31,32). The molecule has 1 aliphatic heterocycles. The minimum absolute atomic E-state index is 0.0491. The largest absolute Gasteiger partial charge is 0.351 e. The maximum atomic E-state index is 13.1. The van der Waals surface area contributed by atoms with E-state index in [-0.39, 0.29) is 10.8 Å². The van der Waals surface area contributed by atoms with E-state index in [1.807, 2.05) is 47.9 Å². The van der Waals surface area contributed by atoms with Gasteiger partial charge in [0.05, 0.1) is 16.2 Å². The Bertz CT molecular complexity index is 1210. The third-order valence-corrected chi connectivity index (χ3v) is 7.08. The molecular weight excluding hydrogens is 436 g/mol. The molecular formula is C25H30N4O3S. The molecule has 1 aliphatic rings. The van der Waals surface area contributed by atoms with E-state index in [9.17, 15) is 13.2 Å². The number of hydrogen-bond donors (Lipinski definition) is 2. The van der Waals surface area contributed by atoms with Gasteiger partial charge < -0.3 is 14.8 Å². The van der Waals surface area contributed by atoms with Crippen LogP contribution in [0.3, 0.4) is 0 Å². The fourth-order valence-corrected chi connectivity index (χ4v) is 4.90. The Balaban J connectivity index is 1.63. The van der Waals surface area contributed by atoms with E-state index in [1.165, 1.54) is 31.4 Å². The number of nitrogens with two attached hydrogens (primary N) is 1. The Morgan fingerprint density at radius 1 is 1.00 bits per heavy atom. The van der Waals surface area contributed by atoms with Crippen LogP contribution in [-0.2, 0) is 10.0 Å². The molecule has 3 N–H and O–H groups in total. The van der Waals surface area contributed by atoms with Gasteiger partial charge in [0.15, 0.2) is 0 Å². The molecule has 0 radical (unpaired) electrons. The molecule has 0 atom stereocenters. The number of primary sulfonamides is 1. The van der Waals surface area contributed by atoms with Gasteiger partial charge in [-0.1, -0.05) is 36.8 Å². The van der Waals surface area contributed by atoms with Gasteiger partial charge in [-0.15, -0.1) is 0 Å². The summed E-state index contributed by atoms with van der Waals surface area (Å²) in [6, 6.07) is 18.1. The van der Waals surface area contributed by atoms with E-state index < -0.39 is 10.0 Å². The molecule has 2 aromatic carbocycles. The van der Waals surface area contributed by atoms with Crippen molar-refractivity contribution in [2.45, 2.75) is 31.1 Å². The third-order valence-electron chi connectivity index (χ3n) is 6.15. The fraction of sp³-hybridized carbons (Fsp3) is 0.320. The Hall–Kier alpha value is -2.94.